The number of nitrogens with zero attached hydrogens (tertiary/aromatic N) is 3. The van der Waals surface area contributed by atoms with E-state index in [4.69, 9.17) is 9.26 Å². The zero-order chi connectivity index (χ0) is 24.8. The second-order valence-electron chi connectivity index (χ2n) is 8.46. The third kappa shape index (κ3) is 6.07. The molecule has 35 heavy (non-hydrogen) atoms. The van der Waals surface area contributed by atoms with E-state index in [9.17, 15) is 13.2 Å². The summed E-state index contributed by atoms with van der Waals surface area (Å²) in [6.45, 7) is 5.40. The lowest BCUT2D eigenvalue weighted by Gasteiger charge is -2.26. The molecule has 0 unspecified atom stereocenters. The number of aromatic nitrogens is 2. The summed E-state index contributed by atoms with van der Waals surface area (Å²) in [4.78, 5) is 17.2. The molecule has 0 radical (unpaired) electrons. The van der Waals surface area contributed by atoms with Gasteiger partial charge in [-0.2, -0.15) is 9.29 Å². The first-order chi connectivity index (χ1) is 16.9. The number of benzene rings is 2. The van der Waals surface area contributed by atoms with Crippen LogP contribution < -0.4 is 10.1 Å². The van der Waals surface area contributed by atoms with Crippen LogP contribution >= 0.6 is 0 Å². The van der Waals surface area contributed by atoms with Crippen molar-refractivity contribution in [1.29, 1.82) is 0 Å². The third-order valence-electron chi connectivity index (χ3n) is 5.89. The molecule has 2 aromatic carbocycles. The lowest BCUT2D eigenvalue weighted by molar-refractivity contribution is -0.116. The molecule has 0 bridgehead atoms. The van der Waals surface area contributed by atoms with Crippen molar-refractivity contribution in [1.82, 2.24) is 14.4 Å². The summed E-state index contributed by atoms with van der Waals surface area (Å²) in [7, 11) is -3.58. The molecule has 1 saturated heterocycles. The van der Waals surface area contributed by atoms with Crippen molar-refractivity contribution in [2.45, 2.75) is 50.8 Å². The Morgan fingerprint density at radius 2 is 1.86 bits per heavy atom. The van der Waals surface area contributed by atoms with Gasteiger partial charge in [0.15, 0.2) is 0 Å². The van der Waals surface area contributed by atoms with Gasteiger partial charge in [-0.1, -0.05) is 17.6 Å². The van der Waals surface area contributed by atoms with Crippen molar-refractivity contribution in [2.75, 3.05) is 25.0 Å². The molecule has 0 atom stereocenters. The number of hydrogen-bond donors (Lipinski definition) is 1. The van der Waals surface area contributed by atoms with Crippen molar-refractivity contribution >= 4 is 21.6 Å². The predicted molar refractivity (Wildman–Crippen MR) is 132 cm³/mol. The number of aryl methyl sites for hydroxylation is 2. The van der Waals surface area contributed by atoms with Gasteiger partial charge in [-0.05, 0) is 68.7 Å². The molecular weight excluding hydrogens is 468 g/mol. The molecule has 2 heterocycles. The van der Waals surface area contributed by atoms with Crippen molar-refractivity contribution < 1.29 is 22.5 Å². The maximum atomic E-state index is 13.0. The number of anilines is 1. The molecule has 4 rings (SSSR count). The van der Waals surface area contributed by atoms with Crippen LogP contribution in [0.1, 0.15) is 44.1 Å². The molecule has 0 aliphatic carbocycles. The topological polar surface area (TPSA) is 115 Å². The van der Waals surface area contributed by atoms with Crippen LogP contribution in [0.15, 0.2) is 51.9 Å². The normalized spacial score (nSPS) is 14.6. The molecule has 1 fully saturated rings. The van der Waals surface area contributed by atoms with Gasteiger partial charge < -0.3 is 14.6 Å². The van der Waals surface area contributed by atoms with Gasteiger partial charge in [0, 0.05) is 37.2 Å². The maximum Gasteiger partial charge on any atom is 0.243 e. The summed E-state index contributed by atoms with van der Waals surface area (Å²) < 4.78 is 38.2. The van der Waals surface area contributed by atoms with Crippen LogP contribution in [0.25, 0.3) is 11.4 Å². The maximum absolute atomic E-state index is 13.0. The molecule has 9 nitrogen and oxygen atoms in total. The summed E-state index contributed by atoms with van der Waals surface area (Å²) in [5.41, 5.74) is 2.05. The Hall–Kier alpha value is -3.24. The number of piperidine rings is 1. The van der Waals surface area contributed by atoms with Crippen molar-refractivity contribution in [3.63, 3.8) is 0 Å². The summed E-state index contributed by atoms with van der Waals surface area (Å²) in [5, 5.41) is 6.82. The molecule has 1 amide bonds. The molecule has 3 aromatic rings. The second kappa shape index (κ2) is 11.0. The highest BCUT2D eigenvalue weighted by Crippen LogP contribution is 2.25. The van der Waals surface area contributed by atoms with Crippen molar-refractivity contribution in [3.05, 3.63) is 53.9 Å². The van der Waals surface area contributed by atoms with E-state index in [0.717, 1.165) is 36.1 Å². The van der Waals surface area contributed by atoms with E-state index in [-0.39, 0.29) is 23.6 Å². The standard InChI is InChI=1S/C25H30N4O5S/c1-3-33-20-10-8-19(9-11-20)25-27-24(34-28-25)14-13-23(30)26-22-17-21(12-7-18(22)2)35(31,32)29-15-5-4-6-16-29/h7-12,17H,3-6,13-16H2,1-2H3,(H,26,30). The van der Waals surface area contributed by atoms with E-state index in [1.807, 2.05) is 38.1 Å². The number of carbonyl (C=O) groups is 1. The van der Waals surface area contributed by atoms with Crippen LogP contribution in [0.5, 0.6) is 5.75 Å². The quantitative estimate of drug-likeness (QED) is 0.470. The first-order valence-corrected chi connectivity index (χ1v) is 13.3. The number of carbonyl (C=O) groups excluding carboxylic acids is 1. The fourth-order valence-electron chi connectivity index (χ4n) is 3.92. The first kappa shape index (κ1) is 24.9. The number of sulfonamides is 1. The largest absolute Gasteiger partial charge is 0.494 e. The summed E-state index contributed by atoms with van der Waals surface area (Å²) in [6, 6.07) is 12.2. The number of nitrogens with one attached hydrogen (secondary N) is 1. The zero-order valence-electron chi connectivity index (χ0n) is 20.0. The van der Waals surface area contributed by atoms with Gasteiger partial charge in [0.25, 0.3) is 0 Å². The number of hydrogen-bond acceptors (Lipinski definition) is 7. The third-order valence-corrected chi connectivity index (χ3v) is 7.79. The molecule has 1 aliphatic heterocycles. The molecule has 186 valence electrons. The van der Waals surface area contributed by atoms with Gasteiger partial charge in [-0.25, -0.2) is 8.42 Å². The van der Waals surface area contributed by atoms with Crippen LogP contribution in [-0.4, -0.2) is 48.5 Å². The predicted octanol–water partition coefficient (Wildman–Crippen LogP) is 4.19. The fraction of sp³-hybridized carbons (Fsp3) is 0.400. The zero-order valence-corrected chi connectivity index (χ0v) is 20.8. The highest BCUT2D eigenvalue weighted by Gasteiger charge is 2.26. The van der Waals surface area contributed by atoms with Gasteiger partial charge in [-0.15, -0.1) is 0 Å². The van der Waals surface area contributed by atoms with Crippen molar-refractivity contribution in [2.24, 2.45) is 0 Å². The SMILES string of the molecule is CCOc1ccc(-c2noc(CCC(=O)Nc3cc(S(=O)(=O)N4CCCCC4)ccc3C)n2)cc1. The van der Waals surface area contributed by atoms with Gasteiger partial charge in [0.05, 0.1) is 11.5 Å². The molecule has 1 aliphatic rings. The molecule has 1 aromatic heterocycles. The van der Waals surface area contributed by atoms with Gasteiger partial charge >= 0.3 is 0 Å². The Morgan fingerprint density at radius 1 is 1.11 bits per heavy atom. The summed E-state index contributed by atoms with van der Waals surface area (Å²) in [5.74, 6) is 1.29. The van der Waals surface area contributed by atoms with Crippen LogP contribution in [0, 0.1) is 6.92 Å². The minimum absolute atomic E-state index is 0.119. The van der Waals surface area contributed by atoms with Crippen LogP contribution in [-0.2, 0) is 21.2 Å². The molecular formula is C25H30N4O5S. The van der Waals surface area contributed by atoms with Gasteiger partial charge in [0.2, 0.25) is 27.6 Å². The van der Waals surface area contributed by atoms with E-state index in [1.54, 1.807) is 12.1 Å². The average Bonchev–Trinajstić information content (AvgIpc) is 3.34. The summed E-state index contributed by atoms with van der Waals surface area (Å²) in [6.07, 6.45) is 3.16. The van der Waals surface area contributed by atoms with E-state index >= 15 is 0 Å². The Kier molecular flexibility index (Phi) is 7.82. The van der Waals surface area contributed by atoms with E-state index < -0.39 is 10.0 Å². The van der Waals surface area contributed by atoms with Crippen LogP contribution in [0.4, 0.5) is 5.69 Å². The van der Waals surface area contributed by atoms with Crippen LogP contribution in [0.2, 0.25) is 0 Å². The molecule has 0 saturated carbocycles. The van der Waals surface area contributed by atoms with E-state index in [1.165, 1.54) is 10.4 Å². The van der Waals surface area contributed by atoms with Crippen molar-refractivity contribution in [3.8, 4) is 17.1 Å². The van der Waals surface area contributed by atoms with Gasteiger partial charge in [0.1, 0.15) is 5.75 Å². The molecule has 1 N–H and O–H groups in total. The van der Waals surface area contributed by atoms with E-state index in [2.05, 4.69) is 15.5 Å². The Balaban J connectivity index is 1.37. The van der Waals surface area contributed by atoms with E-state index in [0.29, 0.717) is 37.1 Å². The fourth-order valence-corrected chi connectivity index (χ4v) is 5.47. The number of amides is 1. The number of rotatable bonds is 9. The summed E-state index contributed by atoms with van der Waals surface area (Å²) >= 11 is 0. The minimum Gasteiger partial charge on any atom is -0.494 e. The second-order valence-corrected chi connectivity index (χ2v) is 10.4. The van der Waals surface area contributed by atoms with Crippen LogP contribution in [0.3, 0.4) is 0 Å². The highest BCUT2D eigenvalue weighted by atomic mass is 32.2. The minimum atomic E-state index is -3.58. The Morgan fingerprint density at radius 3 is 2.57 bits per heavy atom. The van der Waals surface area contributed by atoms with Gasteiger partial charge in [-0.3, -0.25) is 4.79 Å². The lowest BCUT2D eigenvalue weighted by atomic mass is 10.2. The Labute approximate surface area is 205 Å². The monoisotopic (exact) mass is 498 g/mol. The molecule has 0 spiro atoms. The lowest BCUT2D eigenvalue weighted by Crippen LogP contribution is -2.35. The smallest absolute Gasteiger partial charge is 0.243 e. The first-order valence-electron chi connectivity index (χ1n) is 11.8. The highest BCUT2D eigenvalue weighted by molar-refractivity contribution is 7.89. The number of ether oxygens (including phenoxy) is 1. The average molecular weight is 499 g/mol. The molecule has 10 heteroatoms. The Bertz CT molecular complexity index is 1270.